The topological polar surface area (TPSA) is 250 Å². The average Bonchev–Trinajstić information content (AvgIpc) is 2.99. The van der Waals surface area contributed by atoms with Crippen LogP contribution in [-0.4, -0.2) is 66.1 Å². The molecule has 0 aliphatic rings. The predicted molar refractivity (Wildman–Crippen MR) is 164 cm³/mol. The first kappa shape index (κ1) is 34.9. The molecule has 2 heterocycles. The lowest BCUT2D eigenvalue weighted by molar-refractivity contribution is -0.384. The second-order valence-electron chi connectivity index (χ2n) is 9.77. The normalized spacial score (nSPS) is 10.3. The van der Waals surface area contributed by atoms with Gasteiger partial charge in [0.15, 0.2) is 0 Å². The van der Waals surface area contributed by atoms with Gasteiger partial charge in [0.1, 0.15) is 0 Å². The number of nitro benzene ring substituents is 2. The molecule has 16 heteroatoms. The molecule has 0 aliphatic carbocycles. The summed E-state index contributed by atoms with van der Waals surface area (Å²) < 4.78 is 4.71. The molecule has 47 heavy (non-hydrogen) atoms. The zero-order chi connectivity index (χ0) is 35.3. The van der Waals surface area contributed by atoms with Gasteiger partial charge in [0.05, 0.1) is 73.1 Å². The maximum atomic E-state index is 12.2. The minimum absolute atomic E-state index is 0.0221. The fraction of sp³-hybridized carbons (Fsp3) is 0.161. The van der Waals surface area contributed by atoms with E-state index in [0.717, 1.165) is 7.11 Å². The van der Waals surface area contributed by atoms with Crippen molar-refractivity contribution in [1.82, 2.24) is 9.97 Å². The Balaban J connectivity index is 0.000000256. The lowest BCUT2D eigenvalue weighted by Gasteiger charge is -2.15. The number of hydrogen-bond donors (Lipinski definition) is 3. The van der Waals surface area contributed by atoms with E-state index in [1.165, 1.54) is 76.2 Å². The van der Waals surface area contributed by atoms with Gasteiger partial charge in [-0.25, -0.2) is 19.2 Å². The monoisotopic (exact) mass is 646 g/mol. The predicted octanol–water partition coefficient (Wildman–Crippen LogP) is 5.43. The number of nitro groups is 2. The van der Waals surface area contributed by atoms with E-state index in [-0.39, 0.29) is 78.7 Å². The van der Waals surface area contributed by atoms with E-state index < -0.39 is 33.7 Å². The molecule has 242 valence electrons. The lowest BCUT2D eigenvalue weighted by Crippen LogP contribution is -2.15. The quantitative estimate of drug-likeness (QED) is 0.123. The number of carboxylic acid groups (broad SMARTS) is 3. The number of hydrogen-bond acceptors (Lipinski definition) is 11. The van der Waals surface area contributed by atoms with Gasteiger partial charge in [0, 0.05) is 23.3 Å². The van der Waals surface area contributed by atoms with Crippen LogP contribution in [0, 0.1) is 47.9 Å². The van der Waals surface area contributed by atoms with E-state index in [0.29, 0.717) is 0 Å². The number of aryl methyl sites for hydroxylation is 4. The minimum Gasteiger partial charge on any atom is -0.478 e. The van der Waals surface area contributed by atoms with Gasteiger partial charge in [0.25, 0.3) is 11.4 Å². The van der Waals surface area contributed by atoms with Gasteiger partial charge in [-0.1, -0.05) is 24.3 Å². The second-order valence-corrected chi connectivity index (χ2v) is 9.77. The molecule has 0 fully saturated rings. The Kier molecular flexibility index (Phi) is 10.4. The SMILES string of the molecule is COC(=O)c1c(C)nc(C)c(C(=O)O)c1-c1ccccc1[N+](=O)[O-].Cc1nc(C)c(C(=O)O)c(-c2ccccc2[N+](=O)[O-])c1C(=O)O. The molecule has 4 aromatic rings. The highest BCUT2D eigenvalue weighted by Crippen LogP contribution is 2.38. The van der Waals surface area contributed by atoms with Gasteiger partial charge < -0.3 is 20.1 Å². The number of aromatic carboxylic acids is 3. The molecule has 0 saturated carbocycles. The highest BCUT2D eigenvalue weighted by molar-refractivity contribution is 6.08. The Morgan fingerprint density at radius 2 is 0.894 bits per heavy atom. The van der Waals surface area contributed by atoms with Gasteiger partial charge in [-0.3, -0.25) is 30.2 Å². The zero-order valence-electron chi connectivity index (χ0n) is 25.4. The van der Waals surface area contributed by atoms with Crippen molar-refractivity contribution in [3.05, 3.63) is 114 Å². The van der Waals surface area contributed by atoms with Crippen molar-refractivity contribution in [2.45, 2.75) is 27.7 Å². The number of methoxy groups -OCH3 is 1. The number of carboxylic acids is 3. The maximum Gasteiger partial charge on any atom is 0.340 e. The Bertz CT molecular complexity index is 1950. The molecule has 2 aromatic heterocycles. The van der Waals surface area contributed by atoms with Crippen LogP contribution in [0.25, 0.3) is 22.3 Å². The number of esters is 1. The summed E-state index contributed by atoms with van der Waals surface area (Å²) in [7, 11) is 1.14. The van der Waals surface area contributed by atoms with Crippen molar-refractivity contribution < 1.29 is 49.1 Å². The van der Waals surface area contributed by atoms with Crippen LogP contribution < -0.4 is 0 Å². The number of aromatic nitrogens is 2. The van der Waals surface area contributed by atoms with Gasteiger partial charge >= 0.3 is 23.9 Å². The lowest BCUT2D eigenvalue weighted by atomic mass is 9.91. The van der Waals surface area contributed by atoms with Crippen LogP contribution in [0.3, 0.4) is 0 Å². The minimum atomic E-state index is -1.40. The number of carbonyl (C=O) groups is 4. The number of benzene rings is 2. The highest BCUT2D eigenvalue weighted by atomic mass is 16.6. The Morgan fingerprint density at radius 3 is 1.19 bits per heavy atom. The Hall–Kier alpha value is -6.58. The smallest absolute Gasteiger partial charge is 0.340 e. The molecule has 0 radical (unpaired) electrons. The third kappa shape index (κ3) is 6.90. The van der Waals surface area contributed by atoms with E-state index in [1.807, 2.05) is 0 Å². The fourth-order valence-electron chi connectivity index (χ4n) is 5.06. The molecule has 0 spiro atoms. The van der Waals surface area contributed by atoms with E-state index in [2.05, 4.69) is 9.97 Å². The summed E-state index contributed by atoms with van der Waals surface area (Å²) >= 11 is 0. The molecule has 2 aromatic carbocycles. The summed E-state index contributed by atoms with van der Waals surface area (Å²) in [6, 6.07) is 11.0. The summed E-state index contributed by atoms with van der Waals surface area (Å²) in [5, 5.41) is 51.0. The molecule has 0 saturated heterocycles. The number of ether oxygens (including phenoxy) is 1. The van der Waals surface area contributed by atoms with Crippen LogP contribution in [-0.2, 0) is 4.74 Å². The standard InChI is InChI=1S/C16H14N2O6.C15H12N2O6/c1-8-12(15(19)20)14(13(9(2)17-8)16(21)24-3)10-6-4-5-7-11(10)18(22)23;1-7-11(14(18)19)13(12(15(20)21)8(2)16-7)9-5-3-4-6-10(9)17(22)23/h4-7H,1-3H3,(H,19,20);3-6H,1-2H3,(H,18,19)(H,20,21). The first-order valence-corrected chi connectivity index (χ1v) is 13.3. The molecule has 3 N–H and O–H groups in total. The zero-order valence-corrected chi connectivity index (χ0v) is 25.4. The molecule has 0 unspecified atom stereocenters. The van der Waals surface area contributed by atoms with Crippen LogP contribution in [0.4, 0.5) is 11.4 Å². The van der Waals surface area contributed by atoms with Crippen molar-refractivity contribution in [2.75, 3.05) is 7.11 Å². The van der Waals surface area contributed by atoms with Crippen LogP contribution in [0.2, 0.25) is 0 Å². The van der Waals surface area contributed by atoms with Gasteiger partial charge in [-0.05, 0) is 39.8 Å². The second kappa shape index (κ2) is 14.0. The third-order valence-electron chi connectivity index (χ3n) is 6.89. The molecular weight excluding hydrogens is 620 g/mol. The fourth-order valence-corrected chi connectivity index (χ4v) is 5.06. The number of carbonyl (C=O) groups excluding carboxylic acids is 1. The molecular formula is C31H26N4O12. The van der Waals surface area contributed by atoms with Crippen LogP contribution in [0.1, 0.15) is 64.2 Å². The van der Waals surface area contributed by atoms with Crippen molar-refractivity contribution in [3.8, 4) is 22.3 Å². The number of para-hydroxylation sites is 2. The van der Waals surface area contributed by atoms with Crippen molar-refractivity contribution >= 4 is 35.3 Å². The number of rotatable bonds is 8. The Morgan fingerprint density at radius 1 is 0.596 bits per heavy atom. The van der Waals surface area contributed by atoms with Crippen LogP contribution in [0.5, 0.6) is 0 Å². The molecule has 4 rings (SSSR count). The molecule has 0 bridgehead atoms. The largest absolute Gasteiger partial charge is 0.478 e. The third-order valence-corrected chi connectivity index (χ3v) is 6.89. The van der Waals surface area contributed by atoms with E-state index in [4.69, 9.17) is 4.74 Å². The molecule has 16 nitrogen and oxygen atoms in total. The van der Waals surface area contributed by atoms with Crippen molar-refractivity contribution in [1.29, 1.82) is 0 Å². The molecule has 0 amide bonds. The first-order valence-electron chi connectivity index (χ1n) is 13.3. The summed E-state index contributed by atoms with van der Waals surface area (Å²) in [4.78, 5) is 76.3. The maximum absolute atomic E-state index is 12.2. The van der Waals surface area contributed by atoms with E-state index in [9.17, 15) is 54.7 Å². The van der Waals surface area contributed by atoms with Crippen LogP contribution in [0.15, 0.2) is 48.5 Å². The van der Waals surface area contributed by atoms with Gasteiger partial charge in [0.2, 0.25) is 0 Å². The summed E-state index contributed by atoms with van der Waals surface area (Å²) in [6.45, 7) is 5.82. The Labute approximate surface area is 265 Å². The molecule has 0 atom stereocenters. The van der Waals surface area contributed by atoms with E-state index >= 15 is 0 Å². The summed E-state index contributed by atoms with van der Waals surface area (Å²) in [5.74, 6) is -4.94. The molecule has 0 aliphatic heterocycles. The number of pyridine rings is 2. The van der Waals surface area contributed by atoms with Crippen molar-refractivity contribution in [2.24, 2.45) is 0 Å². The summed E-state index contributed by atoms with van der Waals surface area (Å²) in [6.07, 6.45) is 0. The average molecular weight is 647 g/mol. The van der Waals surface area contributed by atoms with Gasteiger partial charge in [-0.2, -0.15) is 0 Å². The first-order chi connectivity index (χ1) is 22.0. The van der Waals surface area contributed by atoms with Gasteiger partial charge in [-0.15, -0.1) is 0 Å². The van der Waals surface area contributed by atoms with E-state index in [1.54, 1.807) is 0 Å². The highest BCUT2D eigenvalue weighted by Gasteiger charge is 2.31. The van der Waals surface area contributed by atoms with Crippen molar-refractivity contribution in [3.63, 3.8) is 0 Å². The summed E-state index contributed by atoms with van der Waals surface area (Å²) in [5.41, 5.74) is -1.52. The van der Waals surface area contributed by atoms with Crippen LogP contribution >= 0.6 is 0 Å². The number of nitrogens with zero attached hydrogens (tertiary/aromatic N) is 4.